The van der Waals surface area contributed by atoms with E-state index in [0.29, 0.717) is 39.3 Å². The van der Waals surface area contributed by atoms with Crippen LogP contribution >= 0.6 is 0 Å². The number of ether oxygens (including phenoxy) is 2. The Bertz CT molecular complexity index is 729. The maximum atomic E-state index is 12.5. The van der Waals surface area contributed by atoms with Gasteiger partial charge in [0.25, 0.3) is 0 Å². The minimum Gasteiger partial charge on any atom is -0.375 e. The summed E-state index contributed by atoms with van der Waals surface area (Å²) in [7, 11) is 0. The zero-order chi connectivity index (χ0) is 17.3. The summed E-state index contributed by atoms with van der Waals surface area (Å²) in [6.07, 6.45) is 5.56. The molecule has 0 aromatic carbocycles. The van der Waals surface area contributed by atoms with Crippen molar-refractivity contribution in [2.24, 2.45) is 0 Å². The van der Waals surface area contributed by atoms with Crippen molar-refractivity contribution in [2.45, 2.75) is 31.5 Å². The smallest absolute Gasteiger partial charge is 0.317 e. The molecule has 2 aliphatic heterocycles. The summed E-state index contributed by atoms with van der Waals surface area (Å²) >= 11 is 0. The largest absolute Gasteiger partial charge is 0.375 e. The van der Waals surface area contributed by atoms with Gasteiger partial charge in [0.2, 0.25) is 0 Å². The second kappa shape index (κ2) is 6.65. The summed E-state index contributed by atoms with van der Waals surface area (Å²) < 4.78 is 13.6. The Morgan fingerprint density at radius 2 is 2.36 bits per heavy atom. The summed E-state index contributed by atoms with van der Waals surface area (Å²) in [5.74, 6) is 0. The Morgan fingerprint density at radius 1 is 1.44 bits per heavy atom. The third kappa shape index (κ3) is 3.21. The lowest BCUT2D eigenvalue weighted by molar-refractivity contribution is -0.125. The van der Waals surface area contributed by atoms with E-state index in [1.165, 1.54) is 0 Å². The molecule has 2 aromatic rings. The van der Waals surface area contributed by atoms with Gasteiger partial charge in [-0.1, -0.05) is 6.07 Å². The van der Waals surface area contributed by atoms with Crippen LogP contribution in [0.4, 0.5) is 4.79 Å². The molecule has 0 radical (unpaired) electrons. The van der Waals surface area contributed by atoms with E-state index in [9.17, 15) is 4.79 Å². The van der Waals surface area contributed by atoms with E-state index in [4.69, 9.17) is 9.47 Å². The Kier molecular flexibility index (Phi) is 4.35. The van der Waals surface area contributed by atoms with Crippen LogP contribution in [-0.4, -0.2) is 64.9 Å². The Balaban J connectivity index is 1.31. The third-order valence-corrected chi connectivity index (χ3v) is 5.20. The average molecular weight is 344 g/mol. The maximum Gasteiger partial charge on any atom is 0.317 e. The fraction of sp³-hybridized carbons (Fsp3) is 0.556. The van der Waals surface area contributed by atoms with Crippen LogP contribution in [0.25, 0.3) is 5.65 Å². The molecule has 4 heterocycles. The normalized spacial score (nSPS) is 26.4. The number of aromatic nitrogens is 2. The van der Waals surface area contributed by atoms with Crippen molar-refractivity contribution < 1.29 is 14.3 Å². The molecule has 2 fully saturated rings. The van der Waals surface area contributed by atoms with Crippen molar-refractivity contribution in [2.75, 3.05) is 32.8 Å². The first-order chi connectivity index (χ1) is 12.2. The number of amides is 2. The number of hydrogen-bond acceptors (Lipinski definition) is 4. The van der Waals surface area contributed by atoms with Crippen LogP contribution in [0.15, 0.2) is 30.6 Å². The molecule has 2 saturated heterocycles. The van der Waals surface area contributed by atoms with Gasteiger partial charge in [0.05, 0.1) is 24.9 Å². The number of pyridine rings is 1. The first kappa shape index (κ1) is 16.4. The van der Waals surface area contributed by atoms with E-state index in [-0.39, 0.29) is 17.7 Å². The molecule has 2 amide bonds. The molecular weight excluding hydrogens is 320 g/mol. The lowest BCUT2D eigenvalue weighted by atomic mass is 9.94. The number of fused-ring (bicyclic) bond motifs is 1. The van der Waals surface area contributed by atoms with Crippen molar-refractivity contribution in [1.82, 2.24) is 19.6 Å². The fourth-order valence-corrected chi connectivity index (χ4v) is 3.66. The molecule has 0 bridgehead atoms. The number of urea groups is 1. The Hall–Kier alpha value is -2.12. The Labute approximate surface area is 146 Å². The first-order valence-electron chi connectivity index (χ1n) is 8.87. The second-order valence-electron chi connectivity index (χ2n) is 6.78. The second-order valence-corrected chi connectivity index (χ2v) is 6.78. The molecule has 7 heteroatoms. The van der Waals surface area contributed by atoms with Crippen LogP contribution in [0, 0.1) is 0 Å². The van der Waals surface area contributed by atoms with Gasteiger partial charge >= 0.3 is 6.03 Å². The monoisotopic (exact) mass is 344 g/mol. The van der Waals surface area contributed by atoms with Gasteiger partial charge < -0.3 is 24.1 Å². The number of carbonyl (C=O) groups excluding carboxylic acids is 1. The van der Waals surface area contributed by atoms with Crippen molar-refractivity contribution in [3.63, 3.8) is 0 Å². The van der Waals surface area contributed by atoms with Gasteiger partial charge in [0, 0.05) is 44.9 Å². The molecule has 25 heavy (non-hydrogen) atoms. The predicted molar refractivity (Wildman–Crippen MR) is 92.6 cm³/mol. The minimum absolute atomic E-state index is 0.0288. The molecule has 1 N–H and O–H groups in total. The molecule has 2 aromatic heterocycles. The van der Waals surface area contributed by atoms with Crippen LogP contribution in [-0.2, 0) is 15.9 Å². The highest BCUT2D eigenvalue weighted by molar-refractivity contribution is 5.74. The molecule has 2 aliphatic rings. The van der Waals surface area contributed by atoms with E-state index < -0.39 is 0 Å². The van der Waals surface area contributed by atoms with E-state index in [1.807, 2.05) is 46.8 Å². The van der Waals surface area contributed by atoms with Crippen molar-refractivity contribution in [3.8, 4) is 0 Å². The predicted octanol–water partition coefficient (Wildman–Crippen LogP) is 1.47. The summed E-state index contributed by atoms with van der Waals surface area (Å²) in [5, 5.41) is 3.01. The third-order valence-electron chi connectivity index (χ3n) is 5.20. The molecule has 4 rings (SSSR count). The van der Waals surface area contributed by atoms with E-state index in [2.05, 4.69) is 10.3 Å². The summed E-state index contributed by atoms with van der Waals surface area (Å²) in [6, 6.07) is 5.88. The van der Waals surface area contributed by atoms with Gasteiger partial charge in [-0.15, -0.1) is 0 Å². The van der Waals surface area contributed by atoms with Crippen LogP contribution < -0.4 is 5.32 Å². The first-order valence-corrected chi connectivity index (χ1v) is 8.87. The molecule has 134 valence electrons. The average Bonchev–Trinajstić information content (AvgIpc) is 3.18. The molecule has 2 atom stereocenters. The highest BCUT2D eigenvalue weighted by atomic mass is 16.6. The zero-order valence-electron chi connectivity index (χ0n) is 14.5. The van der Waals surface area contributed by atoms with Crippen molar-refractivity contribution >= 4 is 11.7 Å². The van der Waals surface area contributed by atoms with E-state index >= 15 is 0 Å². The number of nitrogens with one attached hydrogen (secondary N) is 1. The molecule has 1 spiro atoms. The highest BCUT2D eigenvalue weighted by Gasteiger charge is 2.46. The van der Waals surface area contributed by atoms with Crippen molar-refractivity contribution in [3.05, 3.63) is 36.3 Å². The lowest BCUT2D eigenvalue weighted by Gasteiger charge is -2.41. The molecule has 0 unspecified atom stereocenters. The van der Waals surface area contributed by atoms with Gasteiger partial charge in [-0.05, 0) is 19.1 Å². The minimum atomic E-state index is -0.336. The van der Waals surface area contributed by atoms with Gasteiger partial charge in [0.1, 0.15) is 11.2 Å². The summed E-state index contributed by atoms with van der Waals surface area (Å²) in [6.45, 7) is 5.07. The molecular formula is C18H24N4O3. The SMILES string of the molecule is C[C@@H]1OCC[C@]12CN(C(=O)NCCc1cn3ccccc3n1)CCO2. The summed E-state index contributed by atoms with van der Waals surface area (Å²) in [4.78, 5) is 18.9. The van der Waals surface area contributed by atoms with Crippen LogP contribution in [0.2, 0.25) is 0 Å². The van der Waals surface area contributed by atoms with Gasteiger partial charge in [-0.25, -0.2) is 9.78 Å². The fourth-order valence-electron chi connectivity index (χ4n) is 3.66. The molecule has 7 nitrogen and oxygen atoms in total. The van der Waals surface area contributed by atoms with Crippen molar-refractivity contribution in [1.29, 1.82) is 0 Å². The van der Waals surface area contributed by atoms with Crippen LogP contribution in [0.5, 0.6) is 0 Å². The van der Waals surface area contributed by atoms with Gasteiger partial charge in [-0.3, -0.25) is 0 Å². The number of rotatable bonds is 3. The standard InChI is InChI=1S/C18H24N4O3/c1-14-18(6-10-24-14)13-22(9-11-25-18)17(23)19-7-5-15-12-21-8-3-2-4-16(21)20-15/h2-4,8,12,14H,5-7,9-11,13H2,1H3,(H,19,23)/t14-,18-/m0/s1. The van der Waals surface area contributed by atoms with Gasteiger partial charge in [0.15, 0.2) is 0 Å². The van der Waals surface area contributed by atoms with E-state index in [0.717, 1.165) is 17.8 Å². The quantitative estimate of drug-likeness (QED) is 0.915. The number of hydrogen-bond donors (Lipinski definition) is 1. The number of imidazole rings is 1. The zero-order valence-corrected chi connectivity index (χ0v) is 14.5. The topological polar surface area (TPSA) is 68.1 Å². The van der Waals surface area contributed by atoms with Crippen LogP contribution in [0.3, 0.4) is 0 Å². The number of nitrogens with zero attached hydrogens (tertiary/aromatic N) is 3. The number of carbonyl (C=O) groups is 1. The van der Waals surface area contributed by atoms with Crippen LogP contribution in [0.1, 0.15) is 19.0 Å². The number of morpholine rings is 1. The Morgan fingerprint density at radius 3 is 3.16 bits per heavy atom. The molecule has 0 saturated carbocycles. The van der Waals surface area contributed by atoms with E-state index in [1.54, 1.807) is 0 Å². The summed E-state index contributed by atoms with van der Waals surface area (Å²) in [5.41, 5.74) is 1.56. The molecule has 0 aliphatic carbocycles. The lowest BCUT2D eigenvalue weighted by Crippen LogP contribution is -2.58. The maximum absolute atomic E-state index is 12.5. The van der Waals surface area contributed by atoms with Gasteiger partial charge in [-0.2, -0.15) is 0 Å². The highest BCUT2D eigenvalue weighted by Crippen LogP contribution is 2.32.